The van der Waals surface area contributed by atoms with E-state index in [0.717, 1.165) is 5.56 Å². The minimum atomic E-state index is -0.273. The lowest BCUT2D eigenvalue weighted by atomic mass is 9.94. The zero-order valence-electron chi connectivity index (χ0n) is 12.7. The van der Waals surface area contributed by atoms with Gasteiger partial charge in [0.25, 0.3) is 0 Å². The minimum absolute atomic E-state index is 0.0825. The van der Waals surface area contributed by atoms with Crippen LogP contribution in [-0.2, 0) is 11.3 Å². The first-order chi connectivity index (χ1) is 10.0. The number of hydrogen-bond donors (Lipinski definition) is 1. The van der Waals surface area contributed by atoms with Crippen molar-refractivity contribution in [3.63, 3.8) is 0 Å². The summed E-state index contributed by atoms with van der Waals surface area (Å²) >= 11 is 1.69. The number of benzene rings is 1. The Hall–Kier alpha value is -1.65. The molecule has 0 saturated heterocycles. The molecule has 0 fully saturated rings. The van der Waals surface area contributed by atoms with Crippen LogP contribution in [0.5, 0.6) is 0 Å². The summed E-state index contributed by atoms with van der Waals surface area (Å²) in [6, 6.07) is 11.6. The summed E-state index contributed by atoms with van der Waals surface area (Å²) in [5.41, 5.74) is 8.47. The van der Waals surface area contributed by atoms with Crippen molar-refractivity contribution in [2.24, 2.45) is 11.7 Å². The third-order valence-corrected chi connectivity index (χ3v) is 4.85. The smallest absolute Gasteiger partial charge is 0.227 e. The quantitative estimate of drug-likeness (QED) is 0.920. The van der Waals surface area contributed by atoms with E-state index in [4.69, 9.17) is 5.73 Å². The first kappa shape index (κ1) is 15.7. The largest absolute Gasteiger partial charge is 0.340 e. The summed E-state index contributed by atoms with van der Waals surface area (Å²) in [5.74, 6) is -0.156. The summed E-state index contributed by atoms with van der Waals surface area (Å²) in [5, 5.41) is 2.06. The first-order valence-electron chi connectivity index (χ1n) is 7.09. The average molecular weight is 302 g/mol. The van der Waals surface area contributed by atoms with Gasteiger partial charge in [-0.1, -0.05) is 37.3 Å². The Labute approximate surface area is 130 Å². The average Bonchev–Trinajstić information content (AvgIpc) is 2.91. The maximum Gasteiger partial charge on any atom is 0.227 e. The molecule has 0 saturated carbocycles. The highest BCUT2D eigenvalue weighted by Gasteiger charge is 2.25. The van der Waals surface area contributed by atoms with Gasteiger partial charge in [0.05, 0.1) is 12.5 Å². The maximum absolute atomic E-state index is 12.5. The number of hydrogen-bond acceptors (Lipinski definition) is 3. The third-order valence-electron chi connectivity index (χ3n) is 3.84. The number of carbonyl (C=O) groups is 1. The van der Waals surface area contributed by atoms with Gasteiger partial charge in [0.1, 0.15) is 0 Å². The molecule has 1 aromatic carbocycles. The van der Waals surface area contributed by atoms with Crippen LogP contribution in [0.25, 0.3) is 0 Å². The number of carbonyl (C=O) groups excluding carboxylic acids is 1. The molecule has 0 aliphatic carbocycles. The first-order valence-corrected chi connectivity index (χ1v) is 7.97. The van der Waals surface area contributed by atoms with Crippen molar-refractivity contribution in [1.82, 2.24) is 4.90 Å². The monoisotopic (exact) mass is 302 g/mol. The van der Waals surface area contributed by atoms with Crippen molar-refractivity contribution in [3.8, 4) is 0 Å². The molecule has 2 N–H and O–H groups in total. The lowest BCUT2D eigenvalue weighted by molar-refractivity contribution is -0.134. The van der Waals surface area contributed by atoms with Crippen LogP contribution in [0.3, 0.4) is 0 Å². The van der Waals surface area contributed by atoms with Crippen LogP contribution < -0.4 is 5.73 Å². The molecule has 0 unspecified atom stereocenters. The van der Waals surface area contributed by atoms with Gasteiger partial charge in [-0.3, -0.25) is 4.79 Å². The molecule has 0 spiro atoms. The molecule has 0 aliphatic heterocycles. The molecule has 0 bridgehead atoms. The molecule has 1 amide bonds. The van der Waals surface area contributed by atoms with E-state index in [1.165, 1.54) is 10.4 Å². The SMILES string of the molecule is Cc1ccsc1CN(C)C(=O)[C@H](C)[C@@H](N)c1ccccc1. The predicted octanol–water partition coefficient (Wildman–Crippen LogP) is 3.35. The number of nitrogens with zero attached hydrogens (tertiary/aromatic N) is 1. The topological polar surface area (TPSA) is 46.3 Å². The van der Waals surface area contributed by atoms with Crippen LogP contribution in [0.4, 0.5) is 0 Å². The van der Waals surface area contributed by atoms with Gasteiger partial charge in [0.2, 0.25) is 5.91 Å². The molecule has 4 heteroatoms. The van der Waals surface area contributed by atoms with E-state index in [-0.39, 0.29) is 17.9 Å². The molecular weight excluding hydrogens is 280 g/mol. The zero-order chi connectivity index (χ0) is 15.4. The second kappa shape index (κ2) is 6.87. The number of aryl methyl sites for hydroxylation is 1. The predicted molar refractivity (Wildman–Crippen MR) is 88.1 cm³/mol. The van der Waals surface area contributed by atoms with E-state index in [0.29, 0.717) is 6.54 Å². The summed E-state index contributed by atoms with van der Waals surface area (Å²) in [4.78, 5) is 15.5. The second-order valence-corrected chi connectivity index (χ2v) is 6.45. The van der Waals surface area contributed by atoms with E-state index in [9.17, 15) is 4.79 Å². The van der Waals surface area contributed by atoms with Gasteiger partial charge in [0, 0.05) is 18.0 Å². The number of amides is 1. The Morgan fingerprint density at radius 1 is 1.29 bits per heavy atom. The Morgan fingerprint density at radius 3 is 2.52 bits per heavy atom. The van der Waals surface area contributed by atoms with Crippen molar-refractivity contribution >= 4 is 17.2 Å². The van der Waals surface area contributed by atoms with E-state index in [1.807, 2.05) is 44.3 Å². The minimum Gasteiger partial charge on any atom is -0.340 e. The Kier molecular flexibility index (Phi) is 5.15. The molecule has 2 rings (SSSR count). The van der Waals surface area contributed by atoms with Crippen molar-refractivity contribution in [2.75, 3.05) is 7.05 Å². The molecule has 2 aromatic rings. The highest BCUT2D eigenvalue weighted by molar-refractivity contribution is 7.10. The lowest BCUT2D eigenvalue weighted by Crippen LogP contribution is -2.36. The van der Waals surface area contributed by atoms with Crippen LogP contribution in [-0.4, -0.2) is 17.9 Å². The summed E-state index contributed by atoms with van der Waals surface area (Å²) < 4.78 is 0. The van der Waals surface area contributed by atoms with Crippen LogP contribution in [0.15, 0.2) is 41.8 Å². The number of nitrogens with two attached hydrogens (primary N) is 1. The molecule has 0 radical (unpaired) electrons. The van der Waals surface area contributed by atoms with Crippen molar-refractivity contribution in [2.45, 2.75) is 26.4 Å². The van der Waals surface area contributed by atoms with Crippen LogP contribution in [0.1, 0.15) is 29.0 Å². The van der Waals surface area contributed by atoms with Crippen molar-refractivity contribution < 1.29 is 4.79 Å². The molecule has 2 atom stereocenters. The normalized spacial score (nSPS) is 13.7. The molecular formula is C17H22N2OS. The maximum atomic E-state index is 12.5. The van der Waals surface area contributed by atoms with Gasteiger partial charge in [-0.05, 0) is 29.5 Å². The Balaban J connectivity index is 2.03. The molecule has 112 valence electrons. The van der Waals surface area contributed by atoms with E-state index < -0.39 is 0 Å². The van der Waals surface area contributed by atoms with E-state index in [2.05, 4.69) is 18.4 Å². The summed E-state index contributed by atoms with van der Waals surface area (Å²) in [6.07, 6.45) is 0. The van der Waals surface area contributed by atoms with Gasteiger partial charge >= 0.3 is 0 Å². The molecule has 0 aliphatic rings. The van der Waals surface area contributed by atoms with Crippen LogP contribution in [0, 0.1) is 12.8 Å². The zero-order valence-corrected chi connectivity index (χ0v) is 13.6. The number of thiophene rings is 1. The van der Waals surface area contributed by atoms with Gasteiger partial charge < -0.3 is 10.6 Å². The van der Waals surface area contributed by atoms with E-state index in [1.54, 1.807) is 16.2 Å². The molecule has 1 aromatic heterocycles. The third kappa shape index (κ3) is 3.71. The van der Waals surface area contributed by atoms with Crippen molar-refractivity contribution in [3.05, 3.63) is 57.8 Å². The van der Waals surface area contributed by atoms with Gasteiger partial charge in [-0.15, -0.1) is 11.3 Å². The highest BCUT2D eigenvalue weighted by Crippen LogP contribution is 2.23. The fourth-order valence-corrected chi connectivity index (χ4v) is 3.28. The Morgan fingerprint density at radius 2 is 1.95 bits per heavy atom. The summed E-state index contributed by atoms with van der Waals surface area (Å²) in [7, 11) is 1.84. The fraction of sp³-hybridized carbons (Fsp3) is 0.353. The van der Waals surface area contributed by atoms with Crippen LogP contribution in [0.2, 0.25) is 0 Å². The van der Waals surface area contributed by atoms with Crippen LogP contribution >= 0.6 is 11.3 Å². The van der Waals surface area contributed by atoms with Gasteiger partial charge in [-0.25, -0.2) is 0 Å². The highest BCUT2D eigenvalue weighted by atomic mass is 32.1. The lowest BCUT2D eigenvalue weighted by Gasteiger charge is -2.25. The fourth-order valence-electron chi connectivity index (χ4n) is 2.32. The molecule has 3 nitrogen and oxygen atoms in total. The van der Waals surface area contributed by atoms with Gasteiger partial charge in [-0.2, -0.15) is 0 Å². The standard InChI is InChI=1S/C17H22N2OS/c1-12-9-10-21-15(12)11-19(3)17(20)13(2)16(18)14-7-5-4-6-8-14/h4-10,13,16H,11,18H2,1-3H3/t13-,16-/m1/s1. The molecule has 1 heterocycles. The van der Waals surface area contributed by atoms with Crippen molar-refractivity contribution in [1.29, 1.82) is 0 Å². The summed E-state index contributed by atoms with van der Waals surface area (Å²) in [6.45, 7) is 4.62. The van der Waals surface area contributed by atoms with Gasteiger partial charge in [0.15, 0.2) is 0 Å². The number of rotatable bonds is 5. The Bertz CT molecular complexity index is 594. The molecule has 21 heavy (non-hydrogen) atoms. The van der Waals surface area contributed by atoms with E-state index >= 15 is 0 Å². The second-order valence-electron chi connectivity index (χ2n) is 5.45.